The number of amides is 1. The van der Waals surface area contributed by atoms with Gasteiger partial charge in [-0.25, -0.2) is 4.79 Å². The van der Waals surface area contributed by atoms with Gasteiger partial charge in [0.25, 0.3) is 5.91 Å². The van der Waals surface area contributed by atoms with Gasteiger partial charge in [0.2, 0.25) is 0 Å². The molecule has 1 fully saturated rings. The van der Waals surface area contributed by atoms with E-state index < -0.39 is 12.1 Å². The largest absolute Gasteiger partial charge is 0.478 e. The second-order valence-electron chi connectivity index (χ2n) is 4.29. The average molecular weight is 264 g/mol. The lowest BCUT2D eigenvalue weighted by molar-refractivity contribution is -0.134. The first kappa shape index (κ1) is 13.5. The van der Waals surface area contributed by atoms with Crippen LogP contribution in [0.3, 0.4) is 0 Å². The maximum absolute atomic E-state index is 11.8. The molecule has 1 atom stereocenters. The minimum absolute atomic E-state index is 0.187. The van der Waals surface area contributed by atoms with Crippen LogP contribution in [-0.4, -0.2) is 42.8 Å². The molecule has 1 aromatic rings. The quantitative estimate of drug-likeness (QED) is 0.712. The third-order valence-electron chi connectivity index (χ3n) is 2.86. The summed E-state index contributed by atoms with van der Waals surface area (Å²) in [5.41, 5.74) is 0.958. The summed E-state index contributed by atoms with van der Waals surface area (Å²) in [6, 6.07) is 6.49. The van der Waals surface area contributed by atoms with Crippen molar-refractivity contribution in [1.82, 2.24) is 10.6 Å². The lowest BCUT2D eigenvalue weighted by atomic mass is 10.1. The Bertz CT molecular complexity index is 469. The number of rotatable bonds is 4. The van der Waals surface area contributed by atoms with Gasteiger partial charge < -0.3 is 20.5 Å². The van der Waals surface area contributed by atoms with Crippen LogP contribution in [0.25, 0.3) is 0 Å². The summed E-state index contributed by atoms with van der Waals surface area (Å²) in [4.78, 5) is 22.6. The zero-order valence-electron chi connectivity index (χ0n) is 10.4. The van der Waals surface area contributed by atoms with Gasteiger partial charge in [-0.1, -0.05) is 12.1 Å². The molecule has 1 saturated heterocycles. The van der Waals surface area contributed by atoms with Crippen molar-refractivity contribution in [1.29, 1.82) is 0 Å². The number of hydrogen-bond donors (Lipinski definition) is 3. The number of carboxylic acids is 1. The smallest absolute Gasteiger partial charge is 0.335 e. The van der Waals surface area contributed by atoms with E-state index in [1.807, 2.05) is 0 Å². The van der Waals surface area contributed by atoms with Gasteiger partial charge in [-0.15, -0.1) is 0 Å². The normalized spacial score (nSPS) is 18.8. The Morgan fingerprint density at radius 1 is 1.47 bits per heavy atom. The van der Waals surface area contributed by atoms with Gasteiger partial charge in [0.05, 0.1) is 12.2 Å². The minimum atomic E-state index is -0.979. The number of benzene rings is 1. The lowest BCUT2D eigenvalue weighted by Crippen LogP contribution is -2.47. The van der Waals surface area contributed by atoms with E-state index in [2.05, 4.69) is 10.6 Å². The number of ether oxygens (including phenoxy) is 1. The molecule has 3 N–H and O–H groups in total. The van der Waals surface area contributed by atoms with Crippen LogP contribution < -0.4 is 10.6 Å². The molecule has 2 rings (SSSR count). The molecule has 102 valence electrons. The Morgan fingerprint density at radius 3 is 3.00 bits per heavy atom. The summed E-state index contributed by atoms with van der Waals surface area (Å²) in [7, 11) is 0. The van der Waals surface area contributed by atoms with Crippen molar-refractivity contribution in [3.8, 4) is 0 Å². The number of carbonyl (C=O) groups excluding carboxylic acids is 1. The number of nitrogens with one attached hydrogen (secondary N) is 2. The molecule has 0 saturated carbocycles. The van der Waals surface area contributed by atoms with E-state index in [4.69, 9.17) is 9.84 Å². The Balaban J connectivity index is 1.89. The highest BCUT2D eigenvalue weighted by molar-refractivity contribution is 5.87. The molecule has 0 aromatic heterocycles. The molecule has 0 aliphatic carbocycles. The van der Waals surface area contributed by atoms with Crippen molar-refractivity contribution in [3.05, 3.63) is 35.4 Å². The molecule has 19 heavy (non-hydrogen) atoms. The molecule has 1 unspecified atom stereocenters. The molecule has 0 bridgehead atoms. The highest BCUT2D eigenvalue weighted by Gasteiger charge is 2.21. The number of carbonyl (C=O) groups is 2. The fraction of sp³-hybridized carbons (Fsp3) is 0.385. The summed E-state index contributed by atoms with van der Waals surface area (Å²) >= 11 is 0. The van der Waals surface area contributed by atoms with Crippen LogP contribution in [-0.2, 0) is 16.1 Å². The predicted molar refractivity (Wildman–Crippen MR) is 67.9 cm³/mol. The first-order chi connectivity index (χ1) is 9.16. The molecule has 1 aliphatic rings. The Kier molecular flexibility index (Phi) is 4.48. The number of aromatic carboxylic acids is 1. The maximum Gasteiger partial charge on any atom is 0.335 e. The summed E-state index contributed by atoms with van der Waals surface area (Å²) in [5.74, 6) is -1.17. The van der Waals surface area contributed by atoms with Crippen LogP contribution in [0.4, 0.5) is 0 Å². The number of hydrogen-bond acceptors (Lipinski definition) is 4. The van der Waals surface area contributed by atoms with E-state index in [0.29, 0.717) is 19.7 Å². The van der Waals surface area contributed by atoms with E-state index in [9.17, 15) is 9.59 Å². The molecule has 0 spiro atoms. The molecule has 0 radical (unpaired) electrons. The fourth-order valence-electron chi connectivity index (χ4n) is 1.85. The Hall–Kier alpha value is -1.92. The highest BCUT2D eigenvalue weighted by Crippen LogP contribution is 2.05. The van der Waals surface area contributed by atoms with Crippen molar-refractivity contribution in [2.45, 2.75) is 12.6 Å². The van der Waals surface area contributed by atoms with Crippen molar-refractivity contribution in [3.63, 3.8) is 0 Å². The van der Waals surface area contributed by atoms with Crippen LogP contribution in [0.2, 0.25) is 0 Å². The van der Waals surface area contributed by atoms with E-state index in [1.165, 1.54) is 6.07 Å². The Labute approximate surface area is 110 Å². The van der Waals surface area contributed by atoms with Crippen LogP contribution in [0.5, 0.6) is 0 Å². The minimum Gasteiger partial charge on any atom is -0.478 e. The third-order valence-corrected chi connectivity index (χ3v) is 2.86. The van der Waals surface area contributed by atoms with E-state index in [-0.39, 0.29) is 11.5 Å². The SMILES string of the molecule is O=C(O)c1cccc(CNC(=O)C2CNCCO2)c1. The molecule has 6 nitrogen and oxygen atoms in total. The number of morpholine rings is 1. The van der Waals surface area contributed by atoms with Crippen LogP contribution >= 0.6 is 0 Å². The predicted octanol–water partition coefficient (Wildman–Crippen LogP) is -0.0106. The standard InChI is InChI=1S/C13H16N2O4/c16-12(11-8-14-4-5-19-11)15-7-9-2-1-3-10(6-9)13(17)18/h1-3,6,11,14H,4-5,7-8H2,(H,15,16)(H,17,18). The summed E-state index contributed by atoms with van der Waals surface area (Å²) in [6.07, 6.45) is -0.476. The van der Waals surface area contributed by atoms with Gasteiger partial charge in [-0.05, 0) is 17.7 Å². The summed E-state index contributed by atoms with van der Waals surface area (Å²) < 4.78 is 5.32. The first-order valence-electron chi connectivity index (χ1n) is 6.09. The highest BCUT2D eigenvalue weighted by atomic mass is 16.5. The van der Waals surface area contributed by atoms with Gasteiger partial charge in [0.1, 0.15) is 6.10 Å². The van der Waals surface area contributed by atoms with Gasteiger partial charge in [-0.3, -0.25) is 4.79 Å². The first-order valence-corrected chi connectivity index (χ1v) is 6.09. The molecular formula is C13H16N2O4. The topological polar surface area (TPSA) is 87.7 Å². The fourth-order valence-corrected chi connectivity index (χ4v) is 1.85. The van der Waals surface area contributed by atoms with Gasteiger partial charge in [-0.2, -0.15) is 0 Å². The van der Waals surface area contributed by atoms with E-state index in [0.717, 1.165) is 12.1 Å². The van der Waals surface area contributed by atoms with E-state index in [1.54, 1.807) is 18.2 Å². The lowest BCUT2D eigenvalue weighted by Gasteiger charge is -2.22. The molecule has 1 aromatic carbocycles. The Morgan fingerprint density at radius 2 is 2.32 bits per heavy atom. The second-order valence-corrected chi connectivity index (χ2v) is 4.29. The third kappa shape index (κ3) is 3.77. The summed E-state index contributed by atoms with van der Waals surface area (Å²) in [5, 5.41) is 14.7. The van der Waals surface area contributed by atoms with Crippen LogP contribution in [0, 0.1) is 0 Å². The van der Waals surface area contributed by atoms with Crippen molar-refractivity contribution >= 4 is 11.9 Å². The van der Waals surface area contributed by atoms with Crippen LogP contribution in [0.15, 0.2) is 24.3 Å². The maximum atomic E-state index is 11.8. The summed E-state index contributed by atoms with van der Waals surface area (Å²) in [6.45, 7) is 2.07. The molecular weight excluding hydrogens is 248 g/mol. The molecule has 6 heteroatoms. The van der Waals surface area contributed by atoms with Crippen molar-refractivity contribution in [2.24, 2.45) is 0 Å². The van der Waals surface area contributed by atoms with Gasteiger partial charge >= 0.3 is 5.97 Å². The molecule has 1 aliphatic heterocycles. The van der Waals surface area contributed by atoms with Gasteiger partial charge in [0, 0.05) is 19.6 Å². The zero-order valence-corrected chi connectivity index (χ0v) is 10.4. The van der Waals surface area contributed by atoms with E-state index >= 15 is 0 Å². The molecule has 1 heterocycles. The molecule has 1 amide bonds. The van der Waals surface area contributed by atoms with Crippen molar-refractivity contribution in [2.75, 3.05) is 19.7 Å². The van der Waals surface area contributed by atoms with Crippen molar-refractivity contribution < 1.29 is 19.4 Å². The zero-order chi connectivity index (χ0) is 13.7. The average Bonchev–Trinajstić information content (AvgIpc) is 2.46. The monoisotopic (exact) mass is 264 g/mol. The van der Waals surface area contributed by atoms with Gasteiger partial charge in [0.15, 0.2) is 0 Å². The second kappa shape index (κ2) is 6.31. The van der Waals surface area contributed by atoms with Crippen LogP contribution in [0.1, 0.15) is 15.9 Å². The number of carboxylic acid groups (broad SMARTS) is 1.